The molecule has 0 spiro atoms. The number of anilines is 1. The van der Waals surface area contributed by atoms with Crippen molar-refractivity contribution in [2.24, 2.45) is 11.0 Å². The monoisotopic (exact) mass is 481 g/mol. The molecule has 1 N–H and O–H groups in total. The molecule has 3 aromatic carbocycles. The average Bonchev–Trinajstić information content (AvgIpc) is 3.36. The van der Waals surface area contributed by atoms with Gasteiger partial charge < -0.3 is 0 Å². The van der Waals surface area contributed by atoms with Crippen LogP contribution in [0.3, 0.4) is 0 Å². The van der Waals surface area contributed by atoms with E-state index in [9.17, 15) is 19.7 Å². The van der Waals surface area contributed by atoms with Crippen molar-refractivity contribution in [1.82, 2.24) is 9.78 Å². The van der Waals surface area contributed by atoms with E-state index in [0.29, 0.717) is 22.8 Å². The van der Waals surface area contributed by atoms with Crippen LogP contribution in [0.25, 0.3) is 5.69 Å². The van der Waals surface area contributed by atoms with Crippen molar-refractivity contribution in [2.45, 2.75) is 19.8 Å². The Morgan fingerprint density at radius 3 is 2.11 bits per heavy atom. The predicted molar refractivity (Wildman–Crippen MR) is 137 cm³/mol. The Morgan fingerprint density at radius 2 is 1.47 bits per heavy atom. The minimum Gasteiger partial charge on any atom is -0.295 e. The van der Waals surface area contributed by atoms with Crippen LogP contribution < -0.4 is 10.6 Å². The number of carbonyl (C=O) groups is 1. The lowest BCUT2D eigenvalue weighted by Crippen LogP contribution is -2.34. The Bertz CT molecular complexity index is 1540. The molecule has 0 fully saturated rings. The lowest BCUT2D eigenvalue weighted by molar-refractivity contribution is -0.385. The maximum absolute atomic E-state index is 13.8. The number of nitrogens with one attached hydrogen (secondary N) is 1. The smallest absolute Gasteiger partial charge is 0.275 e. The van der Waals surface area contributed by atoms with Crippen LogP contribution in [0.1, 0.15) is 29.7 Å². The fourth-order valence-corrected chi connectivity index (χ4v) is 4.82. The number of hydrogen-bond acceptors (Lipinski definition) is 5. The second-order valence-electron chi connectivity index (χ2n) is 8.62. The van der Waals surface area contributed by atoms with E-state index in [1.54, 1.807) is 68.4 Å². The topological polar surface area (TPSA) is 114 Å². The van der Waals surface area contributed by atoms with E-state index in [4.69, 9.17) is 0 Å². The number of benzene rings is 3. The maximum atomic E-state index is 13.8. The molecule has 0 bridgehead atoms. The summed E-state index contributed by atoms with van der Waals surface area (Å²) >= 11 is 0. The molecule has 2 atom stereocenters. The number of aryl methyl sites for hydroxylation is 1. The summed E-state index contributed by atoms with van der Waals surface area (Å²) in [7, 11) is 0. The van der Waals surface area contributed by atoms with Crippen LogP contribution in [-0.4, -0.2) is 26.3 Å². The van der Waals surface area contributed by atoms with Gasteiger partial charge in [-0.05, 0) is 38.1 Å². The number of hydrogen-bond donors (Lipinski definition) is 1. The van der Waals surface area contributed by atoms with Crippen LogP contribution in [0.4, 0.5) is 11.4 Å². The molecule has 0 saturated carbocycles. The summed E-state index contributed by atoms with van der Waals surface area (Å²) in [5, 5.41) is 20.9. The van der Waals surface area contributed by atoms with Gasteiger partial charge >= 0.3 is 0 Å². The Balaban J connectivity index is 1.72. The summed E-state index contributed by atoms with van der Waals surface area (Å²) in [5.41, 5.74) is 2.23. The Labute approximate surface area is 206 Å². The van der Waals surface area contributed by atoms with E-state index < -0.39 is 16.8 Å². The van der Waals surface area contributed by atoms with Gasteiger partial charge in [-0.2, -0.15) is 5.10 Å². The summed E-state index contributed by atoms with van der Waals surface area (Å²) in [4.78, 5) is 39.1. The van der Waals surface area contributed by atoms with Gasteiger partial charge in [0, 0.05) is 34.5 Å². The van der Waals surface area contributed by atoms with Crippen LogP contribution in [0.15, 0.2) is 94.8 Å². The first-order chi connectivity index (χ1) is 17.4. The minimum atomic E-state index is -0.926. The van der Waals surface area contributed by atoms with Gasteiger partial charge in [-0.25, -0.2) is 9.69 Å². The number of nitro benzene ring substituents is 1. The van der Waals surface area contributed by atoms with Gasteiger partial charge in [0.2, 0.25) is 0 Å². The summed E-state index contributed by atoms with van der Waals surface area (Å²) in [6, 6.07) is 24.2. The number of aromatic amines is 1. The fourth-order valence-electron chi connectivity index (χ4n) is 4.82. The van der Waals surface area contributed by atoms with E-state index in [2.05, 4.69) is 10.2 Å². The molecule has 1 aliphatic rings. The number of hydrazone groups is 1. The Morgan fingerprint density at radius 1 is 0.889 bits per heavy atom. The largest absolute Gasteiger partial charge is 0.295 e. The van der Waals surface area contributed by atoms with Gasteiger partial charge in [-0.15, -0.1) is 0 Å². The van der Waals surface area contributed by atoms with Crippen molar-refractivity contribution in [3.8, 4) is 5.69 Å². The molecule has 5 rings (SSSR count). The van der Waals surface area contributed by atoms with Gasteiger partial charge in [0.1, 0.15) is 0 Å². The van der Waals surface area contributed by atoms with Crippen LogP contribution >= 0.6 is 0 Å². The summed E-state index contributed by atoms with van der Waals surface area (Å²) < 4.78 is 1.40. The summed E-state index contributed by atoms with van der Waals surface area (Å²) in [6.07, 6.45) is 0. The molecular formula is C27H23N5O4. The number of rotatable bonds is 6. The lowest BCUT2D eigenvalue weighted by atomic mass is 9.77. The predicted octanol–water partition coefficient (Wildman–Crippen LogP) is 4.55. The van der Waals surface area contributed by atoms with Crippen molar-refractivity contribution in [2.75, 3.05) is 5.01 Å². The SMILES string of the molecule is CC1=NN(c2ccccc2)C(=O)[C@H]1[C@H](c1ccccc1[N+](=O)[O-])c1c(C)[nH]n(-c2ccccc2)c1=O. The van der Waals surface area contributed by atoms with Gasteiger partial charge in [-0.3, -0.25) is 24.8 Å². The first-order valence-electron chi connectivity index (χ1n) is 11.4. The zero-order valence-corrected chi connectivity index (χ0v) is 19.7. The average molecular weight is 482 g/mol. The molecule has 0 unspecified atom stereocenters. The van der Waals surface area contributed by atoms with Crippen LogP contribution in [-0.2, 0) is 4.79 Å². The fraction of sp³-hybridized carbons (Fsp3) is 0.148. The van der Waals surface area contributed by atoms with E-state index in [1.165, 1.54) is 15.8 Å². The third-order valence-corrected chi connectivity index (χ3v) is 6.43. The lowest BCUT2D eigenvalue weighted by Gasteiger charge is -2.23. The van der Waals surface area contributed by atoms with Crippen molar-refractivity contribution in [1.29, 1.82) is 0 Å². The molecular weight excluding hydrogens is 458 g/mol. The van der Waals surface area contributed by atoms with Crippen LogP contribution in [0.2, 0.25) is 0 Å². The number of H-pyrrole nitrogens is 1. The zero-order chi connectivity index (χ0) is 25.4. The van der Waals surface area contributed by atoms with E-state index in [1.807, 2.05) is 24.3 Å². The quantitative estimate of drug-likeness (QED) is 0.321. The first-order valence-corrected chi connectivity index (χ1v) is 11.4. The second-order valence-corrected chi connectivity index (χ2v) is 8.62. The molecule has 36 heavy (non-hydrogen) atoms. The molecule has 9 heteroatoms. The number of aromatic nitrogens is 2. The number of carbonyl (C=O) groups excluding carboxylic acids is 1. The van der Waals surface area contributed by atoms with E-state index >= 15 is 0 Å². The van der Waals surface area contributed by atoms with E-state index in [0.717, 1.165) is 0 Å². The molecule has 0 saturated heterocycles. The highest BCUT2D eigenvalue weighted by Gasteiger charge is 2.45. The maximum Gasteiger partial charge on any atom is 0.275 e. The Kier molecular flexibility index (Phi) is 5.81. The third-order valence-electron chi connectivity index (χ3n) is 6.43. The molecule has 9 nitrogen and oxygen atoms in total. The first kappa shape index (κ1) is 23.0. The van der Waals surface area contributed by atoms with Gasteiger partial charge in [0.15, 0.2) is 0 Å². The van der Waals surface area contributed by atoms with Crippen molar-refractivity contribution < 1.29 is 9.72 Å². The molecule has 0 aliphatic carbocycles. The molecule has 4 aromatic rings. The van der Waals surface area contributed by atoms with Crippen molar-refractivity contribution >= 4 is 23.0 Å². The molecule has 2 heterocycles. The van der Waals surface area contributed by atoms with E-state index in [-0.39, 0.29) is 28.3 Å². The van der Waals surface area contributed by atoms with Gasteiger partial charge in [0.25, 0.3) is 17.2 Å². The summed E-state index contributed by atoms with van der Waals surface area (Å²) in [5.74, 6) is -2.18. The number of para-hydroxylation sites is 3. The summed E-state index contributed by atoms with van der Waals surface area (Å²) in [6.45, 7) is 3.45. The minimum absolute atomic E-state index is 0.160. The zero-order valence-electron chi connectivity index (χ0n) is 19.7. The highest BCUT2D eigenvalue weighted by molar-refractivity contribution is 6.15. The molecule has 1 aliphatic heterocycles. The second kappa shape index (κ2) is 9.10. The van der Waals surface area contributed by atoms with Crippen LogP contribution in [0.5, 0.6) is 0 Å². The van der Waals surface area contributed by atoms with Crippen molar-refractivity contribution in [3.05, 3.63) is 122 Å². The number of nitrogens with zero attached hydrogens (tertiary/aromatic N) is 4. The Hall–Kier alpha value is -4.79. The molecule has 0 radical (unpaired) electrons. The number of nitro groups is 1. The van der Waals surface area contributed by atoms with Crippen molar-refractivity contribution in [3.63, 3.8) is 0 Å². The van der Waals surface area contributed by atoms with Crippen LogP contribution in [0, 0.1) is 23.0 Å². The molecule has 1 amide bonds. The molecule has 1 aromatic heterocycles. The number of amides is 1. The highest BCUT2D eigenvalue weighted by atomic mass is 16.6. The van der Waals surface area contributed by atoms with Gasteiger partial charge in [0.05, 0.1) is 22.2 Å². The normalized spacial score (nSPS) is 16.2. The third kappa shape index (κ3) is 3.80. The molecule has 180 valence electrons. The standard InChI is InChI=1S/C27H23N5O4/c1-17-23(26(33)30(28-17)19-11-5-3-6-12-19)25(21-15-9-10-16-22(21)32(35)36)24-18(2)29-31(27(24)34)20-13-7-4-8-14-20/h3-16,23,25,29H,1-2H3/t23-,25+/m1/s1. The van der Waals surface area contributed by atoms with Gasteiger partial charge in [-0.1, -0.05) is 54.6 Å². The highest BCUT2D eigenvalue weighted by Crippen LogP contribution is 2.41.